The Kier molecular flexibility index (Phi) is 8.42. The van der Waals surface area contributed by atoms with Crippen molar-refractivity contribution in [3.8, 4) is 0 Å². The summed E-state index contributed by atoms with van der Waals surface area (Å²) in [5.74, 6) is -1.70. The van der Waals surface area contributed by atoms with Crippen LogP contribution in [0, 0.1) is 5.92 Å². The summed E-state index contributed by atoms with van der Waals surface area (Å²) in [6.07, 6.45) is 2.39. The quantitative estimate of drug-likeness (QED) is 0.496. The van der Waals surface area contributed by atoms with Crippen LogP contribution in [0.3, 0.4) is 0 Å². The van der Waals surface area contributed by atoms with Gasteiger partial charge in [-0.15, -0.1) is 0 Å². The Bertz CT molecular complexity index is 239. The Morgan fingerprint density at radius 1 is 0.889 bits per heavy atom. The van der Waals surface area contributed by atoms with Crippen molar-refractivity contribution < 1.29 is 19.1 Å². The molecule has 2 unspecified atom stereocenters. The maximum atomic E-state index is 11.9. The molecule has 4 heteroatoms. The Morgan fingerprint density at radius 2 is 1.28 bits per heavy atom. The smallest absolute Gasteiger partial charge is 0.320 e. The molecule has 0 bridgehead atoms. The number of rotatable bonds is 8. The van der Waals surface area contributed by atoms with Crippen LogP contribution in [0.4, 0.5) is 0 Å². The zero-order valence-electron chi connectivity index (χ0n) is 12.2. The van der Waals surface area contributed by atoms with Crippen molar-refractivity contribution in [2.75, 3.05) is 0 Å². The van der Waals surface area contributed by atoms with Gasteiger partial charge in [0.1, 0.15) is 0 Å². The third kappa shape index (κ3) is 6.03. The summed E-state index contributed by atoms with van der Waals surface area (Å²) in [6, 6.07) is 0. The molecule has 0 saturated heterocycles. The molecule has 0 amide bonds. The summed E-state index contributed by atoms with van der Waals surface area (Å²) in [5, 5.41) is 0. The molecule has 106 valence electrons. The van der Waals surface area contributed by atoms with Crippen molar-refractivity contribution in [1.29, 1.82) is 0 Å². The highest BCUT2D eigenvalue weighted by Gasteiger charge is 2.30. The van der Waals surface area contributed by atoms with Crippen molar-refractivity contribution in [2.45, 2.75) is 72.5 Å². The van der Waals surface area contributed by atoms with Crippen LogP contribution >= 0.6 is 0 Å². The maximum absolute atomic E-state index is 11.9. The molecule has 0 aliphatic heterocycles. The predicted octanol–water partition coefficient (Wildman–Crippen LogP) is 3.09. The fourth-order valence-corrected chi connectivity index (χ4v) is 1.35. The number of hydrogen-bond acceptors (Lipinski definition) is 4. The van der Waals surface area contributed by atoms with E-state index >= 15 is 0 Å². The molecule has 0 aliphatic carbocycles. The maximum Gasteiger partial charge on any atom is 0.320 e. The van der Waals surface area contributed by atoms with Crippen LogP contribution in [0.1, 0.15) is 60.3 Å². The number of ether oxygens (including phenoxy) is 2. The lowest BCUT2D eigenvalue weighted by atomic mass is 10.0. The van der Waals surface area contributed by atoms with Crippen LogP contribution < -0.4 is 0 Å². The first-order valence-electron chi connectivity index (χ1n) is 6.87. The molecule has 0 radical (unpaired) electrons. The third-order valence-corrected chi connectivity index (χ3v) is 2.93. The van der Waals surface area contributed by atoms with Crippen molar-refractivity contribution in [3.63, 3.8) is 0 Å². The van der Waals surface area contributed by atoms with E-state index in [0.717, 1.165) is 19.3 Å². The van der Waals surface area contributed by atoms with Gasteiger partial charge in [0.25, 0.3) is 0 Å². The Hall–Kier alpha value is -1.06. The molecule has 0 rings (SSSR count). The summed E-state index contributed by atoms with van der Waals surface area (Å²) in [7, 11) is 0. The van der Waals surface area contributed by atoms with E-state index in [4.69, 9.17) is 9.47 Å². The lowest BCUT2D eigenvalue weighted by molar-refractivity contribution is -0.167. The highest BCUT2D eigenvalue weighted by Crippen LogP contribution is 2.15. The summed E-state index contributed by atoms with van der Waals surface area (Å²) in [5.41, 5.74) is 0. The predicted molar refractivity (Wildman–Crippen MR) is 70.1 cm³/mol. The molecule has 0 aromatic rings. The SMILES string of the molecule is CCCC(C(=O)OC(C)CC)C(=O)OC(C)CC. The van der Waals surface area contributed by atoms with Crippen LogP contribution in [0.25, 0.3) is 0 Å². The number of hydrogen-bond donors (Lipinski definition) is 0. The van der Waals surface area contributed by atoms with Crippen LogP contribution in [-0.4, -0.2) is 24.1 Å². The minimum absolute atomic E-state index is 0.159. The highest BCUT2D eigenvalue weighted by atomic mass is 16.6. The molecule has 0 heterocycles. The normalized spacial score (nSPS) is 15.6. The van der Waals surface area contributed by atoms with Crippen LogP contribution in [0.15, 0.2) is 0 Å². The van der Waals surface area contributed by atoms with E-state index in [2.05, 4.69) is 0 Å². The highest BCUT2D eigenvalue weighted by molar-refractivity contribution is 5.95. The van der Waals surface area contributed by atoms with E-state index < -0.39 is 17.9 Å². The topological polar surface area (TPSA) is 52.6 Å². The number of esters is 2. The lowest BCUT2D eigenvalue weighted by Crippen LogP contribution is -2.31. The molecule has 0 fully saturated rings. The summed E-state index contributed by atoms with van der Waals surface area (Å²) < 4.78 is 10.4. The second-order valence-corrected chi connectivity index (χ2v) is 4.65. The molecule has 4 nitrogen and oxygen atoms in total. The lowest BCUT2D eigenvalue weighted by Gasteiger charge is -2.19. The van der Waals surface area contributed by atoms with Gasteiger partial charge in [-0.1, -0.05) is 27.2 Å². The molecule has 0 spiro atoms. The average Bonchev–Trinajstić information content (AvgIpc) is 2.34. The van der Waals surface area contributed by atoms with Gasteiger partial charge in [0.05, 0.1) is 12.2 Å². The first kappa shape index (κ1) is 16.9. The first-order valence-corrected chi connectivity index (χ1v) is 6.87. The Labute approximate surface area is 110 Å². The standard InChI is InChI=1S/C14H26O4/c1-6-9-12(13(15)17-10(4)7-2)14(16)18-11(5)8-3/h10-12H,6-9H2,1-5H3. The van der Waals surface area contributed by atoms with Crippen LogP contribution in [-0.2, 0) is 19.1 Å². The zero-order valence-corrected chi connectivity index (χ0v) is 12.2. The summed E-state index contributed by atoms with van der Waals surface area (Å²) in [6.45, 7) is 9.44. The van der Waals surface area contributed by atoms with Crippen LogP contribution in [0.2, 0.25) is 0 Å². The monoisotopic (exact) mass is 258 g/mol. The molecule has 2 atom stereocenters. The van der Waals surface area contributed by atoms with E-state index in [0.29, 0.717) is 6.42 Å². The van der Waals surface area contributed by atoms with Crippen molar-refractivity contribution in [2.24, 2.45) is 5.92 Å². The summed E-state index contributed by atoms with van der Waals surface area (Å²) in [4.78, 5) is 23.8. The number of carbonyl (C=O) groups is 2. The molecule has 18 heavy (non-hydrogen) atoms. The first-order chi connectivity index (χ1) is 8.46. The van der Waals surface area contributed by atoms with Gasteiger partial charge in [-0.25, -0.2) is 0 Å². The molecular weight excluding hydrogens is 232 g/mol. The molecule has 0 saturated carbocycles. The third-order valence-electron chi connectivity index (χ3n) is 2.93. The molecule has 0 aliphatic rings. The van der Waals surface area contributed by atoms with Gasteiger partial charge >= 0.3 is 11.9 Å². The van der Waals surface area contributed by atoms with Gasteiger partial charge in [0, 0.05) is 0 Å². The fraction of sp³-hybridized carbons (Fsp3) is 0.857. The Balaban J connectivity index is 4.53. The van der Waals surface area contributed by atoms with Gasteiger partial charge < -0.3 is 9.47 Å². The van der Waals surface area contributed by atoms with E-state index in [1.807, 2.05) is 34.6 Å². The molecule has 0 aromatic heterocycles. The van der Waals surface area contributed by atoms with E-state index in [-0.39, 0.29) is 12.2 Å². The zero-order chi connectivity index (χ0) is 14.1. The van der Waals surface area contributed by atoms with E-state index in [9.17, 15) is 9.59 Å². The molecule has 0 N–H and O–H groups in total. The van der Waals surface area contributed by atoms with Gasteiger partial charge in [-0.05, 0) is 33.1 Å². The van der Waals surface area contributed by atoms with Gasteiger partial charge in [-0.3, -0.25) is 9.59 Å². The van der Waals surface area contributed by atoms with Crippen molar-refractivity contribution in [3.05, 3.63) is 0 Å². The van der Waals surface area contributed by atoms with Crippen molar-refractivity contribution >= 4 is 11.9 Å². The van der Waals surface area contributed by atoms with Gasteiger partial charge in [-0.2, -0.15) is 0 Å². The van der Waals surface area contributed by atoms with Crippen LogP contribution in [0.5, 0.6) is 0 Å². The second kappa shape index (κ2) is 8.95. The molecule has 0 aromatic carbocycles. The number of carbonyl (C=O) groups excluding carboxylic acids is 2. The average molecular weight is 258 g/mol. The van der Waals surface area contributed by atoms with Gasteiger partial charge in [0.15, 0.2) is 5.92 Å². The second-order valence-electron chi connectivity index (χ2n) is 4.65. The van der Waals surface area contributed by atoms with Crippen molar-refractivity contribution in [1.82, 2.24) is 0 Å². The summed E-state index contributed by atoms with van der Waals surface area (Å²) >= 11 is 0. The van der Waals surface area contributed by atoms with E-state index in [1.165, 1.54) is 0 Å². The minimum Gasteiger partial charge on any atom is -0.462 e. The molecular formula is C14H26O4. The van der Waals surface area contributed by atoms with E-state index in [1.54, 1.807) is 0 Å². The van der Waals surface area contributed by atoms with Gasteiger partial charge in [0.2, 0.25) is 0 Å². The minimum atomic E-state index is -0.780. The largest absolute Gasteiger partial charge is 0.462 e. The fourth-order valence-electron chi connectivity index (χ4n) is 1.35. The Morgan fingerprint density at radius 3 is 1.56 bits per heavy atom.